The van der Waals surface area contributed by atoms with E-state index >= 15 is 0 Å². The van der Waals surface area contributed by atoms with Gasteiger partial charge in [0.15, 0.2) is 5.82 Å². The number of benzene rings is 1. The second kappa shape index (κ2) is 3.41. The Bertz CT molecular complexity index is 595. The van der Waals surface area contributed by atoms with Crippen molar-refractivity contribution in [3.8, 4) is 11.5 Å². The van der Waals surface area contributed by atoms with Gasteiger partial charge >= 0.3 is 0 Å². The van der Waals surface area contributed by atoms with Crippen molar-refractivity contribution in [2.45, 2.75) is 0 Å². The fourth-order valence-electron chi connectivity index (χ4n) is 1.59. The van der Waals surface area contributed by atoms with Gasteiger partial charge in [0.2, 0.25) is 0 Å². The first-order chi connectivity index (χ1) is 7.83. The van der Waals surface area contributed by atoms with E-state index in [-0.39, 0.29) is 5.82 Å². The van der Waals surface area contributed by atoms with Crippen LogP contribution in [0.1, 0.15) is 0 Å². The first-order valence-electron chi connectivity index (χ1n) is 4.89. The fourth-order valence-corrected chi connectivity index (χ4v) is 1.59. The molecule has 3 rings (SSSR count). The van der Waals surface area contributed by atoms with Gasteiger partial charge in [0.1, 0.15) is 11.5 Å². The van der Waals surface area contributed by atoms with Crippen LogP contribution < -0.4 is 0 Å². The Morgan fingerprint density at radius 3 is 2.69 bits per heavy atom. The van der Waals surface area contributed by atoms with Crippen molar-refractivity contribution in [3.63, 3.8) is 0 Å². The third kappa shape index (κ3) is 1.44. The van der Waals surface area contributed by atoms with Gasteiger partial charge in [-0.15, -0.1) is 0 Å². The number of hydrogen-bond acceptors (Lipinski definition) is 2. The van der Waals surface area contributed by atoms with Crippen molar-refractivity contribution in [2.24, 2.45) is 0 Å². The van der Waals surface area contributed by atoms with Crippen molar-refractivity contribution >= 4 is 11.0 Å². The summed E-state index contributed by atoms with van der Waals surface area (Å²) < 4.78 is 12.7. The maximum absolute atomic E-state index is 12.7. The van der Waals surface area contributed by atoms with Gasteiger partial charge < -0.3 is 4.98 Å². The first kappa shape index (κ1) is 9.03. The van der Waals surface area contributed by atoms with Crippen LogP contribution >= 0.6 is 0 Å². The lowest BCUT2D eigenvalue weighted by atomic mass is 10.3. The Balaban J connectivity index is 2.15. The zero-order chi connectivity index (χ0) is 11.0. The number of H-pyrrole nitrogens is 1. The predicted octanol–water partition coefficient (Wildman–Crippen LogP) is 2.76. The SMILES string of the molecule is Fc1ccc(-c2nc3ccccc3[nH]2)nc1. The molecule has 0 amide bonds. The number of nitrogens with one attached hydrogen (secondary N) is 1. The maximum atomic E-state index is 12.7. The van der Waals surface area contributed by atoms with Gasteiger partial charge in [-0.3, -0.25) is 0 Å². The van der Waals surface area contributed by atoms with E-state index in [1.54, 1.807) is 6.07 Å². The van der Waals surface area contributed by atoms with E-state index < -0.39 is 0 Å². The molecule has 0 fully saturated rings. The molecule has 0 saturated carbocycles. The minimum Gasteiger partial charge on any atom is -0.337 e. The van der Waals surface area contributed by atoms with Gasteiger partial charge in [-0.2, -0.15) is 0 Å². The number of pyridine rings is 1. The molecule has 3 nitrogen and oxygen atoms in total. The number of hydrogen-bond donors (Lipinski definition) is 1. The number of aromatic nitrogens is 3. The Labute approximate surface area is 91.0 Å². The first-order valence-corrected chi connectivity index (χ1v) is 4.89. The summed E-state index contributed by atoms with van der Waals surface area (Å²) in [6, 6.07) is 10.7. The molecule has 0 aliphatic heterocycles. The molecule has 1 N–H and O–H groups in total. The molecule has 0 bridgehead atoms. The topological polar surface area (TPSA) is 41.6 Å². The van der Waals surface area contributed by atoms with Crippen LogP contribution in [0.15, 0.2) is 42.6 Å². The number of para-hydroxylation sites is 2. The molecule has 4 heteroatoms. The van der Waals surface area contributed by atoms with Gasteiger partial charge in [-0.25, -0.2) is 14.4 Å². The molecule has 78 valence electrons. The molecule has 0 atom stereocenters. The van der Waals surface area contributed by atoms with E-state index in [2.05, 4.69) is 15.0 Å². The van der Waals surface area contributed by atoms with Crippen LogP contribution in [-0.4, -0.2) is 15.0 Å². The minimum atomic E-state index is -0.347. The van der Waals surface area contributed by atoms with Crippen LogP contribution in [0.3, 0.4) is 0 Å². The lowest BCUT2D eigenvalue weighted by Crippen LogP contribution is -1.85. The van der Waals surface area contributed by atoms with Crippen LogP contribution in [0.4, 0.5) is 4.39 Å². The van der Waals surface area contributed by atoms with Gasteiger partial charge in [-0.1, -0.05) is 12.1 Å². The highest BCUT2D eigenvalue weighted by molar-refractivity contribution is 5.78. The van der Waals surface area contributed by atoms with E-state index in [4.69, 9.17) is 0 Å². The fraction of sp³-hybridized carbons (Fsp3) is 0. The van der Waals surface area contributed by atoms with Gasteiger partial charge in [-0.05, 0) is 24.3 Å². The summed E-state index contributed by atoms with van der Waals surface area (Å²) >= 11 is 0. The molecule has 16 heavy (non-hydrogen) atoms. The molecule has 0 saturated heterocycles. The standard InChI is InChI=1S/C12H8FN3/c13-8-5-6-11(14-7-8)12-15-9-3-1-2-4-10(9)16-12/h1-7H,(H,15,16). The highest BCUT2D eigenvalue weighted by atomic mass is 19.1. The summed E-state index contributed by atoms with van der Waals surface area (Å²) in [6.07, 6.45) is 1.18. The smallest absolute Gasteiger partial charge is 0.157 e. The van der Waals surface area contributed by atoms with Gasteiger partial charge in [0, 0.05) is 0 Å². The van der Waals surface area contributed by atoms with E-state index in [0.717, 1.165) is 11.0 Å². The second-order valence-corrected chi connectivity index (χ2v) is 3.46. The number of aromatic amines is 1. The number of imidazole rings is 1. The summed E-state index contributed by atoms with van der Waals surface area (Å²) in [6.45, 7) is 0. The lowest BCUT2D eigenvalue weighted by molar-refractivity contribution is 0.621. The molecule has 0 unspecified atom stereocenters. The number of fused-ring (bicyclic) bond motifs is 1. The van der Waals surface area contributed by atoms with Crippen molar-refractivity contribution in [1.82, 2.24) is 15.0 Å². The number of rotatable bonds is 1. The zero-order valence-electron chi connectivity index (χ0n) is 8.31. The molecule has 2 heterocycles. The molecular weight excluding hydrogens is 205 g/mol. The molecule has 0 radical (unpaired) electrons. The van der Waals surface area contributed by atoms with E-state index in [1.165, 1.54) is 12.3 Å². The second-order valence-electron chi connectivity index (χ2n) is 3.46. The third-order valence-corrected chi connectivity index (χ3v) is 2.36. The van der Waals surface area contributed by atoms with Crippen LogP contribution in [0.25, 0.3) is 22.6 Å². The quantitative estimate of drug-likeness (QED) is 0.675. The average molecular weight is 213 g/mol. The average Bonchev–Trinajstić information content (AvgIpc) is 2.73. The third-order valence-electron chi connectivity index (χ3n) is 2.36. The molecule has 3 aromatic rings. The molecule has 0 spiro atoms. The monoisotopic (exact) mass is 213 g/mol. The summed E-state index contributed by atoms with van der Waals surface area (Å²) in [7, 11) is 0. The summed E-state index contributed by atoms with van der Waals surface area (Å²) in [5, 5.41) is 0. The van der Waals surface area contributed by atoms with Crippen molar-refractivity contribution in [1.29, 1.82) is 0 Å². The van der Waals surface area contributed by atoms with Crippen molar-refractivity contribution in [3.05, 3.63) is 48.4 Å². The molecule has 0 aliphatic rings. The highest BCUT2D eigenvalue weighted by Crippen LogP contribution is 2.18. The molecule has 0 aliphatic carbocycles. The van der Waals surface area contributed by atoms with E-state index in [1.807, 2.05) is 24.3 Å². The Hall–Kier alpha value is -2.23. The summed E-state index contributed by atoms with van der Waals surface area (Å²) in [5.74, 6) is 0.307. The molecule has 1 aromatic carbocycles. The van der Waals surface area contributed by atoms with Gasteiger partial charge in [0.05, 0.1) is 17.2 Å². The van der Waals surface area contributed by atoms with Crippen LogP contribution in [-0.2, 0) is 0 Å². The maximum Gasteiger partial charge on any atom is 0.157 e. The normalized spacial score (nSPS) is 10.8. The van der Waals surface area contributed by atoms with Crippen molar-refractivity contribution in [2.75, 3.05) is 0 Å². The Morgan fingerprint density at radius 1 is 1.06 bits per heavy atom. The molecule has 2 aromatic heterocycles. The summed E-state index contributed by atoms with van der Waals surface area (Å²) in [5.41, 5.74) is 2.46. The Kier molecular flexibility index (Phi) is 1.93. The van der Waals surface area contributed by atoms with Crippen LogP contribution in [0, 0.1) is 5.82 Å². The van der Waals surface area contributed by atoms with Crippen LogP contribution in [0.5, 0.6) is 0 Å². The number of nitrogens with zero attached hydrogens (tertiary/aromatic N) is 2. The largest absolute Gasteiger partial charge is 0.337 e. The zero-order valence-corrected chi connectivity index (χ0v) is 8.31. The molecular formula is C12H8FN3. The van der Waals surface area contributed by atoms with Crippen molar-refractivity contribution < 1.29 is 4.39 Å². The minimum absolute atomic E-state index is 0.347. The summed E-state index contributed by atoms with van der Waals surface area (Å²) in [4.78, 5) is 11.5. The van der Waals surface area contributed by atoms with E-state index in [9.17, 15) is 4.39 Å². The van der Waals surface area contributed by atoms with Gasteiger partial charge in [0.25, 0.3) is 0 Å². The number of halogens is 1. The highest BCUT2D eigenvalue weighted by Gasteiger charge is 2.05. The lowest BCUT2D eigenvalue weighted by Gasteiger charge is -1.93. The predicted molar refractivity (Wildman–Crippen MR) is 59.3 cm³/mol. The Morgan fingerprint density at radius 2 is 1.94 bits per heavy atom. The van der Waals surface area contributed by atoms with Crippen LogP contribution in [0.2, 0.25) is 0 Å². The van der Waals surface area contributed by atoms with E-state index in [0.29, 0.717) is 11.5 Å².